The third-order valence-electron chi connectivity index (χ3n) is 13.4. The summed E-state index contributed by atoms with van der Waals surface area (Å²) in [6.07, 6.45) is 2.00. The van der Waals surface area contributed by atoms with E-state index in [1.54, 1.807) is 26.8 Å². The van der Waals surface area contributed by atoms with E-state index in [0.717, 1.165) is 18.9 Å². The Bertz CT molecular complexity index is 2530. The summed E-state index contributed by atoms with van der Waals surface area (Å²) in [7, 11) is 0. The van der Waals surface area contributed by atoms with Crippen LogP contribution in [0.5, 0.6) is 5.75 Å². The van der Waals surface area contributed by atoms with Crippen LogP contribution in [0.2, 0.25) is 0 Å². The number of fused-ring (bicyclic) bond motifs is 1. The van der Waals surface area contributed by atoms with Gasteiger partial charge in [0.25, 0.3) is 0 Å². The standard InChI is InChI=1S/C51H63N7O13/c1-6-31-26-51(31,49(69)70)57-46(66)38-23-32(71-39-24-36(29-15-9-7-10-16-29)53-34-20-14-13-19-33(34)39)27-58(38)48(68)43(50(3,4)5)56-47(67)42(30-17-11-8-12-18-30)55-44(64)35(21-22-40(60)61)54-45(65)37(25-41(62)63)52-28(2)59/h6-7,9-10,13-16,19-20,24,30-32,35,37-38,42-43H,1,8,11-12,17-18,21-23,25-27H2,2-5H3,(H,52,59)(H,54,65)(H,55,64)(H,56,67)(H,57,66)(H,60,61)(H,62,63)(H,69,70)/t31-,32-,35-,37+,38-,42+,43-,51-/m1/s1. The quantitative estimate of drug-likeness (QED) is 0.0711. The van der Waals surface area contributed by atoms with Gasteiger partial charge in [-0.3, -0.25) is 38.4 Å². The predicted molar refractivity (Wildman–Crippen MR) is 257 cm³/mol. The number of carboxylic acid groups (broad SMARTS) is 3. The van der Waals surface area contributed by atoms with E-state index in [9.17, 15) is 53.7 Å². The molecule has 2 heterocycles. The molecule has 3 aromatic rings. The summed E-state index contributed by atoms with van der Waals surface area (Å²) in [5.74, 6) is -9.56. The number of carbonyl (C=O) groups excluding carboxylic acids is 6. The predicted octanol–water partition coefficient (Wildman–Crippen LogP) is 3.32. The highest BCUT2D eigenvalue weighted by Gasteiger charge is 2.61. The van der Waals surface area contributed by atoms with E-state index >= 15 is 4.79 Å². The Kier molecular flexibility index (Phi) is 16.8. The SMILES string of the molecule is C=C[C@@H]1C[C@]1(NC(=O)[C@H]1C[C@@H](Oc2cc(-c3ccccc3)nc3ccccc23)CN1C(=O)[C@@H](NC(=O)[C@@H](NC(=O)[C@@H](CCC(=O)O)NC(=O)[C@H](CC(=O)O)NC(C)=O)C1CCCCC1)C(C)(C)C)C(=O)O. The minimum absolute atomic E-state index is 0.0619. The summed E-state index contributed by atoms with van der Waals surface area (Å²) < 4.78 is 6.69. The highest BCUT2D eigenvalue weighted by atomic mass is 16.5. The lowest BCUT2D eigenvalue weighted by molar-refractivity contribution is -0.147. The van der Waals surface area contributed by atoms with Gasteiger partial charge < -0.3 is 51.5 Å². The number of hydrogen-bond donors (Lipinski definition) is 8. The molecule has 1 aromatic heterocycles. The first kappa shape index (κ1) is 53.0. The minimum Gasteiger partial charge on any atom is -0.488 e. The Hall–Kier alpha value is -7.38. The van der Waals surface area contributed by atoms with E-state index in [-0.39, 0.29) is 19.4 Å². The molecule has 2 aromatic carbocycles. The van der Waals surface area contributed by atoms with Gasteiger partial charge in [0, 0.05) is 42.7 Å². The molecule has 3 fully saturated rings. The van der Waals surface area contributed by atoms with Gasteiger partial charge in [0.1, 0.15) is 47.6 Å². The molecule has 0 bridgehead atoms. The summed E-state index contributed by atoms with van der Waals surface area (Å²) in [5.41, 5.74) is -0.612. The van der Waals surface area contributed by atoms with Gasteiger partial charge in [-0.15, -0.1) is 6.58 Å². The molecular weight excluding hydrogens is 919 g/mol. The molecule has 2 saturated carbocycles. The number of hydrogen-bond acceptors (Lipinski definition) is 11. The zero-order valence-corrected chi connectivity index (χ0v) is 40.3. The molecule has 0 spiro atoms. The molecule has 0 radical (unpaired) electrons. The normalized spacial score (nSPS) is 21.6. The lowest BCUT2D eigenvalue weighted by atomic mass is 9.82. The van der Waals surface area contributed by atoms with Gasteiger partial charge in [-0.05, 0) is 49.1 Å². The fraction of sp³-hybridized carbons (Fsp3) is 0.490. The van der Waals surface area contributed by atoms with Crippen molar-refractivity contribution in [2.24, 2.45) is 17.3 Å². The maximum atomic E-state index is 15.2. The average Bonchev–Trinajstić information content (AvgIpc) is 3.89. The summed E-state index contributed by atoms with van der Waals surface area (Å²) in [6.45, 7) is 9.75. The number of carbonyl (C=O) groups is 9. The lowest BCUT2D eigenvalue weighted by Gasteiger charge is -2.38. The van der Waals surface area contributed by atoms with Crippen LogP contribution in [0.1, 0.15) is 91.9 Å². The third kappa shape index (κ3) is 13.1. The van der Waals surface area contributed by atoms with Crippen LogP contribution in [0.4, 0.5) is 0 Å². The van der Waals surface area contributed by atoms with E-state index in [0.29, 0.717) is 48.0 Å². The van der Waals surface area contributed by atoms with Crippen LogP contribution in [0, 0.1) is 17.3 Å². The Balaban J connectivity index is 1.31. The fourth-order valence-corrected chi connectivity index (χ4v) is 9.47. The number of likely N-dealkylation sites (tertiary alicyclic amines) is 1. The summed E-state index contributed by atoms with van der Waals surface area (Å²) >= 11 is 0. The van der Waals surface area contributed by atoms with Crippen molar-refractivity contribution in [1.29, 1.82) is 0 Å². The van der Waals surface area contributed by atoms with Gasteiger partial charge >= 0.3 is 17.9 Å². The molecule has 0 unspecified atom stereocenters. The van der Waals surface area contributed by atoms with E-state index in [4.69, 9.17) is 9.72 Å². The number of nitrogens with one attached hydrogen (secondary N) is 5. The number of para-hydroxylation sites is 1. The van der Waals surface area contributed by atoms with Gasteiger partial charge in [-0.2, -0.15) is 0 Å². The number of amides is 6. The van der Waals surface area contributed by atoms with Crippen LogP contribution in [-0.4, -0.2) is 127 Å². The van der Waals surface area contributed by atoms with Crippen LogP contribution in [-0.2, 0) is 43.2 Å². The monoisotopic (exact) mass is 981 g/mol. The number of ether oxygens (including phenoxy) is 1. The molecule has 8 atom stereocenters. The molecule has 8 N–H and O–H groups in total. The molecule has 20 nitrogen and oxygen atoms in total. The fourth-order valence-electron chi connectivity index (χ4n) is 9.47. The van der Waals surface area contributed by atoms with Crippen molar-refractivity contribution in [3.63, 3.8) is 0 Å². The molecule has 6 amide bonds. The van der Waals surface area contributed by atoms with E-state index < -0.39 is 132 Å². The molecule has 1 aliphatic heterocycles. The number of benzene rings is 2. The Morgan fingerprint density at radius 3 is 2.11 bits per heavy atom. The van der Waals surface area contributed by atoms with Gasteiger partial charge in [0.2, 0.25) is 35.4 Å². The van der Waals surface area contributed by atoms with Crippen LogP contribution in [0.25, 0.3) is 22.2 Å². The van der Waals surface area contributed by atoms with E-state index in [2.05, 4.69) is 33.2 Å². The van der Waals surface area contributed by atoms with Crippen molar-refractivity contribution in [3.05, 3.63) is 73.3 Å². The van der Waals surface area contributed by atoms with Crippen molar-refractivity contribution in [1.82, 2.24) is 36.5 Å². The average molecular weight is 982 g/mol. The van der Waals surface area contributed by atoms with Crippen molar-refractivity contribution in [2.75, 3.05) is 6.54 Å². The molecule has 380 valence electrons. The maximum absolute atomic E-state index is 15.2. The first-order valence-electron chi connectivity index (χ1n) is 23.8. The van der Waals surface area contributed by atoms with Gasteiger partial charge in [-0.1, -0.05) is 88.6 Å². The third-order valence-corrected chi connectivity index (χ3v) is 13.4. The summed E-state index contributed by atoms with van der Waals surface area (Å²) in [4.78, 5) is 126. The van der Waals surface area contributed by atoms with Gasteiger partial charge in [0.05, 0.1) is 24.2 Å². The largest absolute Gasteiger partial charge is 0.488 e. The molecular formula is C51H63N7O13. The second-order valence-corrected chi connectivity index (χ2v) is 19.7. The van der Waals surface area contributed by atoms with Crippen molar-refractivity contribution in [3.8, 4) is 17.0 Å². The topological polar surface area (TPSA) is 300 Å². The Labute approximate surface area is 410 Å². The molecule has 1 saturated heterocycles. The Morgan fingerprint density at radius 2 is 1.51 bits per heavy atom. The van der Waals surface area contributed by atoms with Crippen LogP contribution >= 0.6 is 0 Å². The number of pyridine rings is 1. The van der Waals surface area contributed by atoms with Gasteiger partial charge in [0.15, 0.2) is 0 Å². The maximum Gasteiger partial charge on any atom is 0.330 e. The smallest absolute Gasteiger partial charge is 0.330 e. The number of aromatic nitrogens is 1. The molecule has 20 heteroatoms. The van der Waals surface area contributed by atoms with Crippen LogP contribution in [0.15, 0.2) is 73.3 Å². The summed E-state index contributed by atoms with van der Waals surface area (Å²) in [5, 5.41) is 42.7. The van der Waals surface area contributed by atoms with Gasteiger partial charge in [-0.25, -0.2) is 9.78 Å². The second-order valence-electron chi connectivity index (χ2n) is 19.7. The molecule has 71 heavy (non-hydrogen) atoms. The second kappa shape index (κ2) is 22.6. The van der Waals surface area contributed by atoms with Crippen molar-refractivity contribution in [2.45, 2.75) is 134 Å². The van der Waals surface area contributed by atoms with Crippen LogP contribution < -0.4 is 31.3 Å². The lowest BCUT2D eigenvalue weighted by Crippen LogP contribution is -2.63. The van der Waals surface area contributed by atoms with Crippen LogP contribution in [0.3, 0.4) is 0 Å². The van der Waals surface area contributed by atoms with E-state index in [1.165, 1.54) is 11.0 Å². The molecule has 3 aliphatic rings. The molecule has 6 rings (SSSR count). The van der Waals surface area contributed by atoms with Crippen molar-refractivity contribution >= 4 is 64.3 Å². The number of aliphatic carboxylic acids is 3. The number of rotatable bonds is 21. The number of carboxylic acids is 3. The zero-order valence-electron chi connectivity index (χ0n) is 40.3. The highest BCUT2D eigenvalue weighted by Crippen LogP contribution is 2.45. The zero-order chi connectivity index (χ0) is 51.8. The van der Waals surface area contributed by atoms with Crippen molar-refractivity contribution < 1.29 is 63.2 Å². The number of nitrogens with zero attached hydrogens (tertiary/aromatic N) is 2. The highest BCUT2D eigenvalue weighted by molar-refractivity contribution is 5.99. The minimum atomic E-state index is -1.63. The first-order chi connectivity index (χ1) is 33.6. The first-order valence-corrected chi connectivity index (χ1v) is 23.8. The summed E-state index contributed by atoms with van der Waals surface area (Å²) in [6, 6.07) is 11.4. The Morgan fingerprint density at radius 1 is 0.845 bits per heavy atom. The van der Waals surface area contributed by atoms with E-state index in [1.807, 2.05) is 54.6 Å². The molecule has 2 aliphatic carbocycles.